The number of carbonyl (C=O) groups is 1. The second kappa shape index (κ2) is 3.71. The molecule has 3 fully saturated rings. The van der Waals surface area contributed by atoms with Crippen LogP contribution < -0.4 is 0 Å². The van der Waals surface area contributed by atoms with Gasteiger partial charge in [-0.3, -0.25) is 4.79 Å². The monoisotopic (exact) mass is 273 g/mol. The lowest BCUT2D eigenvalue weighted by Gasteiger charge is -2.38. The molecule has 2 saturated heterocycles. The van der Waals surface area contributed by atoms with Crippen LogP contribution in [0.15, 0.2) is 6.07 Å². The van der Waals surface area contributed by atoms with Gasteiger partial charge in [0.05, 0.1) is 5.56 Å². The Morgan fingerprint density at radius 3 is 2.37 bits per heavy atom. The van der Waals surface area contributed by atoms with Crippen molar-refractivity contribution in [3.8, 4) is 0 Å². The number of amides is 1. The Kier molecular flexibility index (Phi) is 2.43. The smallest absolute Gasteiger partial charge is 0.257 e. The van der Waals surface area contributed by atoms with Crippen LogP contribution in [0.25, 0.3) is 0 Å². The molecular weight excluding hydrogens is 262 g/mol. The normalized spacial score (nSPS) is 28.5. The van der Waals surface area contributed by atoms with Gasteiger partial charge < -0.3 is 4.90 Å². The highest BCUT2D eigenvalue weighted by Crippen LogP contribution is 2.50. The first-order chi connectivity index (χ1) is 8.83. The summed E-state index contributed by atoms with van der Waals surface area (Å²) in [5.74, 6) is -7.44. The average molecular weight is 273 g/mol. The maximum atomic E-state index is 13.6. The van der Waals surface area contributed by atoms with E-state index >= 15 is 0 Å². The second-order valence-corrected chi connectivity index (χ2v) is 5.53. The topological polar surface area (TPSA) is 20.3 Å². The van der Waals surface area contributed by atoms with Gasteiger partial charge in [0.1, 0.15) is 0 Å². The number of carbonyl (C=O) groups excluding carboxylic acids is 1. The number of hydrogen-bond donors (Lipinski definition) is 0. The van der Waals surface area contributed by atoms with Gasteiger partial charge in [0.2, 0.25) is 0 Å². The highest BCUT2D eigenvalue weighted by atomic mass is 19.2. The quantitative estimate of drug-likeness (QED) is 0.438. The van der Waals surface area contributed by atoms with Crippen molar-refractivity contribution < 1.29 is 22.4 Å². The lowest BCUT2D eigenvalue weighted by molar-refractivity contribution is 0.0604. The molecule has 2 aliphatic heterocycles. The molecule has 4 rings (SSSR count). The third-order valence-electron chi connectivity index (χ3n) is 4.13. The van der Waals surface area contributed by atoms with Crippen LogP contribution in [-0.4, -0.2) is 22.9 Å². The standard InChI is InChI=1S/C13H11F4NO/c1-13-3-6(4-13)5-18(13)12(19)7-2-8(14)10(16)11(17)9(7)15/h2,6H,3-5H2,1H3. The van der Waals surface area contributed by atoms with Gasteiger partial charge >= 0.3 is 0 Å². The first-order valence-electron chi connectivity index (χ1n) is 5.98. The Hall–Kier alpha value is -1.59. The molecule has 3 aliphatic rings. The van der Waals surface area contributed by atoms with E-state index in [0.29, 0.717) is 18.5 Å². The summed E-state index contributed by atoms with van der Waals surface area (Å²) in [5.41, 5.74) is -1.11. The van der Waals surface area contributed by atoms with Crippen LogP contribution in [-0.2, 0) is 0 Å². The van der Waals surface area contributed by atoms with E-state index in [4.69, 9.17) is 0 Å². The number of nitrogens with zero attached hydrogens (tertiary/aromatic N) is 1. The lowest BCUT2D eigenvalue weighted by atomic mass is 9.75. The fourth-order valence-electron chi connectivity index (χ4n) is 3.21. The van der Waals surface area contributed by atoms with Crippen molar-refractivity contribution in [2.45, 2.75) is 25.3 Å². The largest absolute Gasteiger partial charge is 0.333 e. The highest BCUT2D eigenvalue weighted by Gasteiger charge is 2.54. The summed E-state index contributed by atoms with van der Waals surface area (Å²) in [6.45, 7) is 2.30. The van der Waals surface area contributed by atoms with Crippen LogP contribution >= 0.6 is 0 Å². The predicted octanol–water partition coefficient (Wildman–Crippen LogP) is 2.87. The Labute approximate surface area is 107 Å². The Bertz CT molecular complexity index is 580. The molecule has 102 valence electrons. The summed E-state index contributed by atoms with van der Waals surface area (Å²) in [7, 11) is 0. The van der Waals surface area contributed by atoms with Crippen molar-refractivity contribution in [3.05, 3.63) is 34.9 Å². The fourth-order valence-corrected chi connectivity index (χ4v) is 3.21. The van der Waals surface area contributed by atoms with Gasteiger partial charge in [0.25, 0.3) is 5.91 Å². The molecule has 0 atom stereocenters. The third kappa shape index (κ3) is 1.58. The number of benzene rings is 1. The molecule has 0 N–H and O–H groups in total. The van der Waals surface area contributed by atoms with E-state index in [1.165, 1.54) is 4.90 Å². The van der Waals surface area contributed by atoms with Crippen molar-refractivity contribution in [2.75, 3.05) is 6.54 Å². The molecule has 6 heteroatoms. The van der Waals surface area contributed by atoms with E-state index in [2.05, 4.69) is 0 Å². The molecule has 0 radical (unpaired) electrons. The minimum absolute atomic E-state index is 0.366. The second-order valence-electron chi connectivity index (χ2n) is 5.53. The van der Waals surface area contributed by atoms with Crippen LogP contribution in [0, 0.1) is 29.2 Å². The van der Waals surface area contributed by atoms with Crippen molar-refractivity contribution in [2.24, 2.45) is 5.92 Å². The molecule has 19 heavy (non-hydrogen) atoms. The maximum absolute atomic E-state index is 13.6. The minimum atomic E-state index is -1.94. The van der Waals surface area contributed by atoms with Crippen molar-refractivity contribution in [1.82, 2.24) is 4.90 Å². The van der Waals surface area contributed by atoms with Crippen LogP contribution in [0.4, 0.5) is 17.6 Å². The maximum Gasteiger partial charge on any atom is 0.257 e. The molecular formula is C13H11F4NO. The average Bonchev–Trinajstić information content (AvgIpc) is 2.83. The summed E-state index contributed by atoms with van der Waals surface area (Å²) in [5, 5.41) is 0. The molecule has 1 aromatic rings. The first kappa shape index (κ1) is 12.4. The first-order valence-corrected chi connectivity index (χ1v) is 5.98. The van der Waals surface area contributed by atoms with Gasteiger partial charge in [0, 0.05) is 12.1 Å². The molecule has 0 aromatic heterocycles. The van der Waals surface area contributed by atoms with Gasteiger partial charge in [-0.1, -0.05) is 0 Å². The highest BCUT2D eigenvalue weighted by molar-refractivity contribution is 5.95. The summed E-state index contributed by atoms with van der Waals surface area (Å²) in [6, 6.07) is 0.426. The molecule has 2 heterocycles. The third-order valence-corrected chi connectivity index (χ3v) is 4.13. The zero-order valence-corrected chi connectivity index (χ0v) is 10.1. The molecule has 2 bridgehead atoms. The molecule has 0 unspecified atom stereocenters. The Balaban J connectivity index is 2.01. The summed E-state index contributed by atoms with van der Waals surface area (Å²) >= 11 is 0. The molecule has 1 aromatic carbocycles. The number of rotatable bonds is 1. The van der Waals surface area contributed by atoms with Crippen LogP contribution in [0.3, 0.4) is 0 Å². The van der Waals surface area contributed by atoms with Crippen LogP contribution in [0.5, 0.6) is 0 Å². The predicted molar refractivity (Wildman–Crippen MR) is 58.4 cm³/mol. The Morgan fingerprint density at radius 2 is 1.84 bits per heavy atom. The summed E-state index contributed by atoms with van der Waals surface area (Å²) in [4.78, 5) is 13.6. The molecule has 1 amide bonds. The van der Waals surface area contributed by atoms with Gasteiger partial charge in [-0.15, -0.1) is 0 Å². The van der Waals surface area contributed by atoms with Gasteiger partial charge in [-0.25, -0.2) is 17.6 Å². The van der Waals surface area contributed by atoms with E-state index in [0.717, 1.165) is 12.8 Å². The van der Waals surface area contributed by atoms with Gasteiger partial charge in [-0.2, -0.15) is 0 Å². The van der Waals surface area contributed by atoms with Crippen LogP contribution in [0.2, 0.25) is 0 Å². The van der Waals surface area contributed by atoms with E-state index < -0.39 is 34.7 Å². The Morgan fingerprint density at radius 1 is 1.21 bits per heavy atom. The van der Waals surface area contributed by atoms with Gasteiger partial charge in [0.15, 0.2) is 23.3 Å². The SMILES string of the molecule is CC12CC(CN1C(=O)c1cc(F)c(F)c(F)c1F)C2. The number of hydrogen-bond acceptors (Lipinski definition) is 1. The van der Waals surface area contributed by atoms with Crippen molar-refractivity contribution in [3.63, 3.8) is 0 Å². The van der Waals surface area contributed by atoms with E-state index in [1.807, 2.05) is 6.92 Å². The van der Waals surface area contributed by atoms with Gasteiger partial charge in [-0.05, 0) is 31.7 Å². The molecule has 2 nitrogen and oxygen atoms in total. The van der Waals surface area contributed by atoms with E-state index in [9.17, 15) is 22.4 Å². The zero-order valence-electron chi connectivity index (χ0n) is 10.1. The lowest BCUT2D eigenvalue weighted by Crippen LogP contribution is -2.45. The van der Waals surface area contributed by atoms with E-state index in [1.54, 1.807) is 0 Å². The fraction of sp³-hybridized carbons (Fsp3) is 0.462. The molecule has 1 aliphatic carbocycles. The zero-order chi connectivity index (χ0) is 13.9. The van der Waals surface area contributed by atoms with Crippen molar-refractivity contribution >= 4 is 5.91 Å². The summed E-state index contributed by atoms with van der Waals surface area (Å²) < 4.78 is 52.7. The van der Waals surface area contributed by atoms with Crippen molar-refractivity contribution in [1.29, 1.82) is 0 Å². The summed E-state index contributed by atoms with van der Waals surface area (Å²) in [6.07, 6.45) is 1.62. The molecule has 0 spiro atoms. The number of halogens is 4. The molecule has 1 saturated carbocycles. The van der Waals surface area contributed by atoms with Crippen LogP contribution in [0.1, 0.15) is 30.1 Å². The minimum Gasteiger partial charge on any atom is -0.333 e. The number of fused-ring (bicyclic) bond motifs is 1. The van der Waals surface area contributed by atoms with E-state index in [-0.39, 0.29) is 5.54 Å².